The Hall–Kier alpha value is -2.07. The summed E-state index contributed by atoms with van der Waals surface area (Å²) >= 11 is 5.94. The highest BCUT2D eigenvalue weighted by atomic mass is 35.5. The fraction of sp³-hybridized carbons (Fsp3) is 0.143. The van der Waals surface area contributed by atoms with Crippen LogP contribution in [0.5, 0.6) is 0 Å². The van der Waals surface area contributed by atoms with Crippen LogP contribution in [-0.2, 0) is 0 Å². The number of aryl methyl sites for hydroxylation is 1. The normalized spacial score (nSPS) is 10.8. The van der Waals surface area contributed by atoms with Crippen molar-refractivity contribution in [1.82, 2.24) is 15.5 Å². The lowest BCUT2D eigenvalue weighted by molar-refractivity contribution is 0.0953. The molecule has 1 amide bonds. The number of nitrogens with zero attached hydrogens (tertiary/aromatic N) is 1. The van der Waals surface area contributed by atoms with E-state index in [0.717, 1.165) is 5.56 Å². The fourth-order valence-electron chi connectivity index (χ4n) is 1.56. The molecule has 19 heavy (non-hydrogen) atoms. The Balaban J connectivity index is 1.88. The van der Waals surface area contributed by atoms with Gasteiger partial charge < -0.3 is 5.32 Å². The number of benzene rings is 1. The van der Waals surface area contributed by atoms with E-state index in [1.165, 1.54) is 0 Å². The van der Waals surface area contributed by atoms with Crippen molar-refractivity contribution in [2.75, 3.05) is 6.54 Å². The van der Waals surface area contributed by atoms with Gasteiger partial charge in [0.1, 0.15) is 0 Å². The highest BCUT2D eigenvalue weighted by Crippen LogP contribution is 2.16. The van der Waals surface area contributed by atoms with Gasteiger partial charge in [0.15, 0.2) is 5.69 Å². The minimum absolute atomic E-state index is 0.229. The molecule has 1 heterocycles. The molecule has 2 N–H and O–H groups in total. The zero-order valence-electron chi connectivity index (χ0n) is 10.5. The van der Waals surface area contributed by atoms with Crippen LogP contribution in [0.1, 0.15) is 21.7 Å². The van der Waals surface area contributed by atoms with E-state index in [-0.39, 0.29) is 11.6 Å². The van der Waals surface area contributed by atoms with Crippen LogP contribution in [-0.4, -0.2) is 22.6 Å². The predicted octanol–water partition coefficient (Wildman–Crippen LogP) is 2.81. The van der Waals surface area contributed by atoms with E-state index in [0.29, 0.717) is 17.3 Å². The Morgan fingerprint density at radius 3 is 2.79 bits per heavy atom. The molecule has 0 aliphatic rings. The van der Waals surface area contributed by atoms with Gasteiger partial charge in [-0.3, -0.25) is 9.89 Å². The van der Waals surface area contributed by atoms with Crippen molar-refractivity contribution in [2.24, 2.45) is 0 Å². The molecule has 0 fully saturated rings. The SMILES string of the molecule is Cc1[nH]nc(C(=O)NCC=Cc2ccccc2)c1Cl. The second kappa shape index (κ2) is 6.20. The Bertz CT molecular complexity index is 590. The van der Waals surface area contributed by atoms with Gasteiger partial charge in [0.25, 0.3) is 5.91 Å². The molecule has 2 aromatic rings. The minimum atomic E-state index is -0.285. The number of hydrogen-bond donors (Lipinski definition) is 2. The fourth-order valence-corrected chi connectivity index (χ4v) is 1.73. The maximum Gasteiger partial charge on any atom is 0.273 e. The van der Waals surface area contributed by atoms with Crippen LogP contribution in [0, 0.1) is 6.92 Å². The number of H-pyrrole nitrogens is 1. The first kappa shape index (κ1) is 13.4. The lowest BCUT2D eigenvalue weighted by Crippen LogP contribution is -2.24. The van der Waals surface area contributed by atoms with Gasteiger partial charge in [-0.05, 0) is 12.5 Å². The van der Waals surface area contributed by atoms with Gasteiger partial charge in [-0.15, -0.1) is 0 Å². The van der Waals surface area contributed by atoms with Crippen molar-refractivity contribution >= 4 is 23.6 Å². The molecule has 0 saturated heterocycles. The quantitative estimate of drug-likeness (QED) is 0.901. The predicted molar refractivity (Wildman–Crippen MR) is 76.1 cm³/mol. The van der Waals surface area contributed by atoms with Crippen molar-refractivity contribution in [3.05, 3.63) is 58.4 Å². The molecule has 0 atom stereocenters. The van der Waals surface area contributed by atoms with Gasteiger partial charge >= 0.3 is 0 Å². The Labute approximate surface area is 116 Å². The summed E-state index contributed by atoms with van der Waals surface area (Å²) in [6.07, 6.45) is 3.82. The third kappa shape index (κ3) is 3.45. The van der Waals surface area contributed by atoms with E-state index in [1.807, 2.05) is 42.5 Å². The summed E-state index contributed by atoms with van der Waals surface area (Å²) in [7, 11) is 0. The van der Waals surface area contributed by atoms with Gasteiger partial charge in [-0.2, -0.15) is 5.10 Å². The Morgan fingerprint density at radius 2 is 2.16 bits per heavy atom. The largest absolute Gasteiger partial charge is 0.347 e. The summed E-state index contributed by atoms with van der Waals surface area (Å²) < 4.78 is 0. The second-order valence-electron chi connectivity index (χ2n) is 4.03. The molecule has 0 aliphatic heterocycles. The highest BCUT2D eigenvalue weighted by molar-refractivity contribution is 6.34. The molecule has 5 heteroatoms. The smallest absolute Gasteiger partial charge is 0.273 e. The van der Waals surface area contributed by atoms with Crippen molar-refractivity contribution < 1.29 is 4.79 Å². The molecule has 2 rings (SSSR count). The number of rotatable bonds is 4. The van der Waals surface area contributed by atoms with Crippen LogP contribution in [0.15, 0.2) is 36.4 Å². The standard InChI is InChI=1S/C14H14ClN3O/c1-10-12(15)13(18-17-10)14(19)16-9-5-8-11-6-3-2-4-7-11/h2-8H,9H2,1H3,(H,16,19)(H,17,18). The first-order valence-electron chi connectivity index (χ1n) is 5.88. The highest BCUT2D eigenvalue weighted by Gasteiger charge is 2.14. The summed E-state index contributed by atoms with van der Waals surface area (Å²) in [6.45, 7) is 2.19. The third-order valence-corrected chi connectivity index (χ3v) is 3.04. The number of halogens is 1. The van der Waals surface area contributed by atoms with Crippen LogP contribution in [0.25, 0.3) is 6.08 Å². The molecule has 0 radical (unpaired) electrons. The van der Waals surface area contributed by atoms with E-state index < -0.39 is 0 Å². The zero-order valence-corrected chi connectivity index (χ0v) is 11.2. The number of aromatic amines is 1. The second-order valence-corrected chi connectivity index (χ2v) is 4.41. The Morgan fingerprint density at radius 1 is 1.42 bits per heavy atom. The van der Waals surface area contributed by atoms with Gasteiger partial charge in [0.2, 0.25) is 0 Å². The molecule has 1 aromatic carbocycles. The molecule has 0 spiro atoms. The summed E-state index contributed by atoms with van der Waals surface area (Å²) in [5.41, 5.74) is 2.00. The maximum atomic E-state index is 11.8. The average molecular weight is 276 g/mol. The zero-order chi connectivity index (χ0) is 13.7. The summed E-state index contributed by atoms with van der Waals surface area (Å²) in [5, 5.41) is 9.63. The van der Waals surface area contributed by atoms with Crippen molar-refractivity contribution in [1.29, 1.82) is 0 Å². The topological polar surface area (TPSA) is 57.8 Å². The maximum absolute atomic E-state index is 11.8. The molecular formula is C14H14ClN3O. The van der Waals surface area contributed by atoms with E-state index in [9.17, 15) is 4.79 Å². The van der Waals surface area contributed by atoms with Crippen molar-refractivity contribution in [3.8, 4) is 0 Å². The van der Waals surface area contributed by atoms with Crippen LogP contribution >= 0.6 is 11.6 Å². The Kier molecular flexibility index (Phi) is 4.36. The van der Waals surface area contributed by atoms with Gasteiger partial charge in [0.05, 0.1) is 10.7 Å². The van der Waals surface area contributed by atoms with Crippen LogP contribution < -0.4 is 5.32 Å². The summed E-state index contributed by atoms with van der Waals surface area (Å²) in [4.78, 5) is 11.8. The van der Waals surface area contributed by atoms with Crippen LogP contribution in [0.3, 0.4) is 0 Å². The monoisotopic (exact) mass is 275 g/mol. The number of nitrogens with one attached hydrogen (secondary N) is 2. The van der Waals surface area contributed by atoms with Crippen molar-refractivity contribution in [2.45, 2.75) is 6.92 Å². The molecule has 98 valence electrons. The van der Waals surface area contributed by atoms with Gasteiger partial charge in [0, 0.05) is 6.54 Å². The number of carbonyl (C=O) groups excluding carboxylic acids is 1. The molecule has 0 bridgehead atoms. The van der Waals surface area contributed by atoms with E-state index in [2.05, 4.69) is 15.5 Å². The van der Waals surface area contributed by atoms with Crippen molar-refractivity contribution in [3.63, 3.8) is 0 Å². The van der Waals surface area contributed by atoms with Gasteiger partial charge in [-0.1, -0.05) is 54.1 Å². The summed E-state index contributed by atoms with van der Waals surface area (Å²) in [5.74, 6) is -0.285. The van der Waals surface area contributed by atoms with Gasteiger partial charge in [-0.25, -0.2) is 0 Å². The third-order valence-electron chi connectivity index (χ3n) is 2.58. The molecule has 0 saturated carbocycles. The molecular weight excluding hydrogens is 262 g/mol. The van der Waals surface area contributed by atoms with Crippen LogP contribution in [0.2, 0.25) is 5.02 Å². The molecule has 0 unspecified atom stereocenters. The lowest BCUT2D eigenvalue weighted by Gasteiger charge is -1.99. The van der Waals surface area contributed by atoms with E-state index in [1.54, 1.807) is 6.92 Å². The molecule has 0 aliphatic carbocycles. The molecule has 4 nitrogen and oxygen atoms in total. The minimum Gasteiger partial charge on any atom is -0.347 e. The first-order chi connectivity index (χ1) is 9.18. The molecule has 1 aromatic heterocycles. The van der Waals surface area contributed by atoms with E-state index >= 15 is 0 Å². The summed E-state index contributed by atoms with van der Waals surface area (Å²) in [6, 6.07) is 9.87. The number of carbonyl (C=O) groups is 1. The number of hydrogen-bond acceptors (Lipinski definition) is 2. The number of aromatic nitrogens is 2. The van der Waals surface area contributed by atoms with Crippen LogP contribution in [0.4, 0.5) is 0 Å². The first-order valence-corrected chi connectivity index (χ1v) is 6.26. The lowest BCUT2D eigenvalue weighted by atomic mass is 10.2. The van der Waals surface area contributed by atoms with E-state index in [4.69, 9.17) is 11.6 Å². The average Bonchev–Trinajstić information content (AvgIpc) is 2.76. The number of amides is 1.